The minimum Gasteiger partial charge on any atom is -0.491 e. The van der Waals surface area contributed by atoms with Crippen LogP contribution < -0.4 is 10.1 Å². The van der Waals surface area contributed by atoms with Crippen LogP contribution in [0.25, 0.3) is 0 Å². The van der Waals surface area contributed by atoms with Gasteiger partial charge in [-0.15, -0.1) is 0 Å². The van der Waals surface area contributed by atoms with Crippen LogP contribution in [0.2, 0.25) is 0 Å². The lowest BCUT2D eigenvalue weighted by atomic mass is 9.86. The number of piperidine rings is 1. The molecule has 1 N–H and O–H groups in total. The molecular weight excluding hydrogens is 386 g/mol. The molecule has 0 aliphatic carbocycles. The van der Waals surface area contributed by atoms with E-state index in [0.717, 1.165) is 43.9 Å². The SMILES string of the molecule is CC(C)Oc1ccc(CN2CCC[C@@H]([C@@H](NC(=O)C(C)(C)C)c3ccccn3)C2)cc1. The topological polar surface area (TPSA) is 54.5 Å². The van der Waals surface area contributed by atoms with Crippen LogP contribution in [-0.2, 0) is 11.3 Å². The van der Waals surface area contributed by atoms with Gasteiger partial charge in [0.05, 0.1) is 17.8 Å². The number of rotatable bonds is 7. The van der Waals surface area contributed by atoms with Gasteiger partial charge in [0.25, 0.3) is 0 Å². The number of benzene rings is 1. The van der Waals surface area contributed by atoms with Crippen LogP contribution in [0, 0.1) is 11.3 Å². The maximum atomic E-state index is 12.8. The Labute approximate surface area is 187 Å². The molecule has 1 fully saturated rings. The summed E-state index contributed by atoms with van der Waals surface area (Å²) in [7, 11) is 0. The second-order valence-electron chi connectivity index (χ2n) is 9.90. The van der Waals surface area contributed by atoms with Crippen molar-refractivity contribution in [2.75, 3.05) is 13.1 Å². The third-order valence-corrected chi connectivity index (χ3v) is 5.69. The van der Waals surface area contributed by atoms with Crippen LogP contribution in [0.15, 0.2) is 48.7 Å². The van der Waals surface area contributed by atoms with Gasteiger partial charge in [-0.1, -0.05) is 39.0 Å². The van der Waals surface area contributed by atoms with E-state index in [4.69, 9.17) is 4.74 Å². The lowest BCUT2D eigenvalue weighted by Crippen LogP contribution is -2.45. The molecule has 2 atom stereocenters. The summed E-state index contributed by atoms with van der Waals surface area (Å²) in [5, 5.41) is 3.31. The first kappa shape index (κ1) is 23.3. The molecule has 0 saturated carbocycles. The van der Waals surface area contributed by atoms with Crippen molar-refractivity contribution in [2.24, 2.45) is 11.3 Å². The van der Waals surface area contributed by atoms with Crippen molar-refractivity contribution in [1.29, 1.82) is 0 Å². The Kier molecular flexibility index (Phi) is 7.71. The Morgan fingerprint density at radius 1 is 1.19 bits per heavy atom. The summed E-state index contributed by atoms with van der Waals surface area (Å²) >= 11 is 0. The van der Waals surface area contributed by atoms with Gasteiger partial charge in [0.2, 0.25) is 5.91 Å². The average molecular weight is 424 g/mol. The van der Waals surface area contributed by atoms with E-state index >= 15 is 0 Å². The molecule has 1 aromatic carbocycles. The van der Waals surface area contributed by atoms with Crippen molar-refractivity contribution in [3.63, 3.8) is 0 Å². The molecule has 1 saturated heterocycles. The molecule has 0 bridgehead atoms. The van der Waals surface area contributed by atoms with Crippen LogP contribution in [-0.4, -0.2) is 35.0 Å². The molecule has 168 valence electrons. The molecule has 0 unspecified atom stereocenters. The zero-order valence-electron chi connectivity index (χ0n) is 19.6. The number of nitrogens with one attached hydrogen (secondary N) is 1. The minimum absolute atomic E-state index is 0.0704. The van der Waals surface area contributed by atoms with Crippen molar-refractivity contribution in [3.8, 4) is 5.75 Å². The number of hydrogen-bond donors (Lipinski definition) is 1. The molecule has 1 aromatic heterocycles. The van der Waals surface area contributed by atoms with E-state index in [9.17, 15) is 4.79 Å². The average Bonchev–Trinajstić information content (AvgIpc) is 2.73. The Balaban J connectivity index is 1.70. The predicted molar refractivity (Wildman–Crippen MR) is 125 cm³/mol. The first-order valence-corrected chi connectivity index (χ1v) is 11.4. The van der Waals surface area contributed by atoms with E-state index in [1.807, 2.05) is 59.0 Å². The highest BCUT2D eigenvalue weighted by Gasteiger charge is 2.33. The highest BCUT2D eigenvalue weighted by atomic mass is 16.5. The molecule has 5 heteroatoms. The second-order valence-corrected chi connectivity index (χ2v) is 9.90. The molecule has 2 heterocycles. The minimum atomic E-state index is -0.429. The molecule has 3 rings (SSSR count). The van der Waals surface area contributed by atoms with Crippen molar-refractivity contribution >= 4 is 5.91 Å². The summed E-state index contributed by atoms with van der Waals surface area (Å²) in [4.78, 5) is 19.9. The van der Waals surface area contributed by atoms with E-state index in [0.29, 0.717) is 5.92 Å². The fourth-order valence-electron chi connectivity index (χ4n) is 4.06. The maximum Gasteiger partial charge on any atom is 0.225 e. The molecule has 1 aliphatic rings. The number of aromatic nitrogens is 1. The number of amides is 1. The number of hydrogen-bond acceptors (Lipinski definition) is 4. The first-order valence-electron chi connectivity index (χ1n) is 11.4. The zero-order valence-corrected chi connectivity index (χ0v) is 19.6. The molecule has 31 heavy (non-hydrogen) atoms. The third-order valence-electron chi connectivity index (χ3n) is 5.69. The van der Waals surface area contributed by atoms with Gasteiger partial charge in [0.1, 0.15) is 5.75 Å². The Hall–Kier alpha value is -2.40. The highest BCUT2D eigenvalue weighted by molar-refractivity contribution is 5.81. The molecular formula is C26H37N3O2. The Morgan fingerprint density at radius 2 is 1.94 bits per heavy atom. The smallest absolute Gasteiger partial charge is 0.225 e. The molecule has 0 spiro atoms. The van der Waals surface area contributed by atoms with Gasteiger partial charge >= 0.3 is 0 Å². The fourth-order valence-corrected chi connectivity index (χ4v) is 4.06. The Morgan fingerprint density at radius 3 is 2.55 bits per heavy atom. The standard InChI is InChI=1S/C26H37N3O2/c1-19(2)31-22-13-11-20(12-14-22)17-29-16-8-9-21(18-29)24(23-10-6-7-15-27-23)28-25(30)26(3,4)5/h6-7,10-15,19,21,24H,8-9,16-18H2,1-5H3,(H,28,30)/t21-,24-/m1/s1. The normalized spacial score (nSPS) is 18.6. The van der Waals surface area contributed by atoms with Crippen LogP contribution in [0.5, 0.6) is 5.75 Å². The lowest BCUT2D eigenvalue weighted by Gasteiger charge is -2.38. The van der Waals surface area contributed by atoms with Crippen molar-refractivity contribution in [3.05, 3.63) is 59.9 Å². The van der Waals surface area contributed by atoms with Gasteiger partial charge in [-0.25, -0.2) is 0 Å². The monoisotopic (exact) mass is 423 g/mol. The summed E-state index contributed by atoms with van der Waals surface area (Å²) in [6, 6.07) is 14.3. The number of ether oxygens (including phenoxy) is 1. The number of likely N-dealkylation sites (tertiary alicyclic amines) is 1. The molecule has 2 aromatic rings. The van der Waals surface area contributed by atoms with Gasteiger partial charge in [0.15, 0.2) is 0 Å². The summed E-state index contributed by atoms with van der Waals surface area (Å²) in [5.41, 5.74) is 1.80. The van der Waals surface area contributed by atoms with Crippen LogP contribution >= 0.6 is 0 Å². The predicted octanol–water partition coefficient (Wildman–Crippen LogP) is 4.98. The van der Waals surface area contributed by atoms with E-state index in [-0.39, 0.29) is 18.1 Å². The van der Waals surface area contributed by atoms with Gasteiger partial charge in [0, 0.05) is 24.7 Å². The molecule has 1 aliphatic heterocycles. The first-order chi connectivity index (χ1) is 14.7. The Bertz CT molecular complexity index is 828. The van der Waals surface area contributed by atoms with Crippen LogP contribution in [0.4, 0.5) is 0 Å². The summed E-state index contributed by atoms with van der Waals surface area (Å²) in [6.45, 7) is 12.9. The summed E-state index contributed by atoms with van der Waals surface area (Å²) in [5.74, 6) is 1.31. The molecule has 1 amide bonds. The van der Waals surface area contributed by atoms with Gasteiger partial charge in [-0.3, -0.25) is 14.7 Å². The zero-order chi connectivity index (χ0) is 22.4. The van der Waals surface area contributed by atoms with Crippen molar-refractivity contribution in [2.45, 2.75) is 66.2 Å². The number of carbonyl (C=O) groups is 1. The van der Waals surface area contributed by atoms with Crippen molar-refractivity contribution < 1.29 is 9.53 Å². The van der Waals surface area contributed by atoms with E-state index in [2.05, 4.69) is 39.5 Å². The largest absolute Gasteiger partial charge is 0.491 e. The highest BCUT2D eigenvalue weighted by Crippen LogP contribution is 2.31. The van der Waals surface area contributed by atoms with E-state index in [1.165, 1.54) is 5.56 Å². The van der Waals surface area contributed by atoms with E-state index in [1.54, 1.807) is 0 Å². The number of nitrogens with zero attached hydrogens (tertiary/aromatic N) is 2. The quantitative estimate of drug-likeness (QED) is 0.682. The van der Waals surface area contributed by atoms with Gasteiger partial charge in [-0.05, 0) is 69.0 Å². The maximum absolute atomic E-state index is 12.8. The van der Waals surface area contributed by atoms with Crippen molar-refractivity contribution in [1.82, 2.24) is 15.2 Å². The third kappa shape index (κ3) is 6.79. The van der Waals surface area contributed by atoms with E-state index < -0.39 is 5.41 Å². The van der Waals surface area contributed by atoms with Crippen LogP contribution in [0.3, 0.4) is 0 Å². The lowest BCUT2D eigenvalue weighted by molar-refractivity contribution is -0.130. The van der Waals surface area contributed by atoms with Gasteiger partial charge < -0.3 is 10.1 Å². The van der Waals surface area contributed by atoms with Gasteiger partial charge in [-0.2, -0.15) is 0 Å². The summed E-state index contributed by atoms with van der Waals surface area (Å²) < 4.78 is 5.76. The number of carbonyl (C=O) groups excluding carboxylic acids is 1. The summed E-state index contributed by atoms with van der Waals surface area (Å²) in [6.07, 6.45) is 4.20. The molecule has 0 radical (unpaired) electrons. The fraction of sp³-hybridized carbons (Fsp3) is 0.538. The second kappa shape index (κ2) is 10.3. The number of pyridine rings is 1. The molecule has 5 nitrogen and oxygen atoms in total. The van der Waals surface area contributed by atoms with Crippen LogP contribution in [0.1, 0.15) is 64.8 Å².